The van der Waals surface area contributed by atoms with Crippen molar-refractivity contribution in [2.75, 3.05) is 7.11 Å². The Hall–Kier alpha value is -2.55. The molecule has 2 aromatic carbocycles. The van der Waals surface area contributed by atoms with Crippen molar-refractivity contribution in [3.63, 3.8) is 0 Å². The Balaban J connectivity index is 2.24. The van der Waals surface area contributed by atoms with Gasteiger partial charge in [-0.1, -0.05) is 0 Å². The molecule has 104 valence electrons. The van der Waals surface area contributed by atoms with Gasteiger partial charge in [-0.25, -0.2) is 4.98 Å². The molecule has 0 saturated heterocycles. The van der Waals surface area contributed by atoms with Gasteiger partial charge in [0.2, 0.25) is 0 Å². The monoisotopic (exact) mass is 276 g/mol. The summed E-state index contributed by atoms with van der Waals surface area (Å²) in [6, 6.07) is 10.4. The molecule has 2 aromatic heterocycles. The van der Waals surface area contributed by atoms with Gasteiger partial charge in [0.25, 0.3) is 0 Å². The van der Waals surface area contributed by atoms with Crippen LogP contribution in [0, 0.1) is 13.8 Å². The Bertz CT molecular complexity index is 999. The van der Waals surface area contributed by atoms with Crippen molar-refractivity contribution < 1.29 is 4.74 Å². The number of ether oxygens (including phenoxy) is 1. The summed E-state index contributed by atoms with van der Waals surface area (Å²) in [6.07, 6.45) is 1.99. The fraction of sp³-hybridized carbons (Fsp3) is 0.167. The van der Waals surface area contributed by atoms with Crippen LogP contribution in [0.15, 0.2) is 36.5 Å². The number of hydrogen-bond acceptors (Lipinski definition) is 2. The maximum Gasteiger partial charge on any atom is 0.119 e. The molecule has 0 fully saturated rings. The van der Waals surface area contributed by atoms with Crippen molar-refractivity contribution in [3.8, 4) is 5.75 Å². The largest absolute Gasteiger partial charge is 0.497 e. The minimum atomic E-state index is 0.867. The number of aromatic nitrogens is 2. The van der Waals surface area contributed by atoms with Crippen LogP contribution in [0.2, 0.25) is 0 Å². The van der Waals surface area contributed by atoms with Crippen LogP contribution in [0.25, 0.3) is 32.6 Å². The zero-order chi connectivity index (χ0) is 14.6. The number of pyridine rings is 1. The predicted molar refractivity (Wildman–Crippen MR) is 87.1 cm³/mol. The van der Waals surface area contributed by atoms with Gasteiger partial charge in [0.05, 0.1) is 18.1 Å². The Kier molecular flexibility index (Phi) is 2.45. The van der Waals surface area contributed by atoms with Crippen molar-refractivity contribution >= 4 is 32.6 Å². The van der Waals surface area contributed by atoms with E-state index in [4.69, 9.17) is 9.72 Å². The molecule has 3 nitrogen and oxygen atoms in total. The summed E-state index contributed by atoms with van der Waals surface area (Å²) in [5.41, 5.74) is 4.51. The maximum atomic E-state index is 5.35. The molecule has 0 saturated carbocycles. The molecule has 4 aromatic rings. The number of aryl methyl sites for hydroxylation is 2. The van der Waals surface area contributed by atoms with Gasteiger partial charge in [-0.05, 0) is 55.1 Å². The quantitative estimate of drug-likeness (QED) is 0.556. The molecule has 2 heterocycles. The third kappa shape index (κ3) is 1.64. The maximum absolute atomic E-state index is 5.35. The van der Waals surface area contributed by atoms with E-state index in [0.29, 0.717) is 0 Å². The van der Waals surface area contributed by atoms with E-state index < -0.39 is 0 Å². The molecular formula is C18H16N2O. The highest BCUT2D eigenvalue weighted by atomic mass is 16.5. The number of hydrogen-bond donors (Lipinski definition) is 1. The molecule has 0 aliphatic rings. The van der Waals surface area contributed by atoms with E-state index in [2.05, 4.69) is 37.0 Å². The van der Waals surface area contributed by atoms with E-state index in [0.717, 1.165) is 22.2 Å². The molecule has 0 aliphatic heterocycles. The predicted octanol–water partition coefficient (Wildman–Crippen LogP) is 4.49. The summed E-state index contributed by atoms with van der Waals surface area (Å²) in [6.45, 7) is 4.25. The topological polar surface area (TPSA) is 37.9 Å². The van der Waals surface area contributed by atoms with Crippen LogP contribution in [-0.2, 0) is 0 Å². The molecule has 0 radical (unpaired) electrons. The minimum absolute atomic E-state index is 0.867. The number of benzene rings is 2. The van der Waals surface area contributed by atoms with Crippen LogP contribution in [0.4, 0.5) is 0 Å². The first-order valence-corrected chi connectivity index (χ1v) is 7.04. The van der Waals surface area contributed by atoms with Crippen LogP contribution < -0.4 is 4.74 Å². The Labute approximate surface area is 122 Å². The molecule has 4 rings (SSSR count). The highest BCUT2D eigenvalue weighted by molar-refractivity contribution is 6.14. The van der Waals surface area contributed by atoms with Crippen LogP contribution in [0.5, 0.6) is 5.75 Å². The number of nitrogens with one attached hydrogen (secondary N) is 1. The first-order valence-electron chi connectivity index (χ1n) is 7.04. The minimum Gasteiger partial charge on any atom is -0.497 e. The van der Waals surface area contributed by atoms with Crippen molar-refractivity contribution in [2.24, 2.45) is 0 Å². The van der Waals surface area contributed by atoms with Gasteiger partial charge >= 0.3 is 0 Å². The lowest BCUT2D eigenvalue weighted by atomic mass is 10.0. The second kappa shape index (κ2) is 4.22. The standard InChI is InChI=1S/C18H16N2O/c1-10-13-6-7-19-11(2)14(13)9-16-15-8-12(21-3)4-5-17(15)20-18(10)16/h4-9,19H,1-3H3. The van der Waals surface area contributed by atoms with E-state index >= 15 is 0 Å². The van der Waals surface area contributed by atoms with E-state index in [1.807, 2.05) is 18.3 Å². The SMILES string of the molecule is COc1ccc2nc3c(C)c4cc[nH]c(C)c4cc3c2c1. The van der Waals surface area contributed by atoms with Crippen molar-refractivity contribution in [3.05, 3.63) is 47.8 Å². The fourth-order valence-electron chi connectivity index (χ4n) is 3.10. The number of H-pyrrole nitrogens is 1. The third-order valence-corrected chi connectivity index (χ3v) is 4.27. The number of methoxy groups -OCH3 is 1. The fourth-order valence-corrected chi connectivity index (χ4v) is 3.10. The molecule has 1 N–H and O–H groups in total. The molecule has 0 atom stereocenters. The van der Waals surface area contributed by atoms with Crippen molar-refractivity contribution in [1.29, 1.82) is 0 Å². The van der Waals surface area contributed by atoms with Crippen molar-refractivity contribution in [1.82, 2.24) is 9.97 Å². The number of nitrogens with zero attached hydrogens (tertiary/aromatic N) is 1. The Morgan fingerprint density at radius 2 is 1.81 bits per heavy atom. The van der Waals surface area contributed by atoms with Gasteiger partial charge in [0.15, 0.2) is 0 Å². The van der Waals surface area contributed by atoms with Crippen LogP contribution >= 0.6 is 0 Å². The highest BCUT2D eigenvalue weighted by Gasteiger charge is 2.12. The van der Waals surface area contributed by atoms with Gasteiger partial charge < -0.3 is 9.72 Å². The molecular weight excluding hydrogens is 260 g/mol. The second-order valence-corrected chi connectivity index (χ2v) is 5.46. The first-order chi connectivity index (χ1) is 10.2. The van der Waals surface area contributed by atoms with E-state index in [1.54, 1.807) is 7.11 Å². The molecule has 0 aliphatic carbocycles. The van der Waals surface area contributed by atoms with Gasteiger partial charge in [0.1, 0.15) is 5.75 Å². The van der Waals surface area contributed by atoms with Gasteiger partial charge in [-0.15, -0.1) is 0 Å². The third-order valence-electron chi connectivity index (χ3n) is 4.27. The first kappa shape index (κ1) is 12.2. The average Bonchev–Trinajstić information content (AvgIpc) is 2.87. The van der Waals surface area contributed by atoms with Gasteiger partial charge in [0, 0.05) is 28.0 Å². The molecule has 21 heavy (non-hydrogen) atoms. The van der Waals surface area contributed by atoms with E-state index in [1.165, 1.54) is 27.4 Å². The zero-order valence-electron chi connectivity index (χ0n) is 12.3. The number of fused-ring (bicyclic) bond motifs is 4. The van der Waals surface area contributed by atoms with E-state index in [9.17, 15) is 0 Å². The van der Waals surface area contributed by atoms with Crippen LogP contribution in [0.3, 0.4) is 0 Å². The second-order valence-electron chi connectivity index (χ2n) is 5.46. The summed E-state index contributed by atoms with van der Waals surface area (Å²) in [4.78, 5) is 8.09. The average molecular weight is 276 g/mol. The molecule has 0 amide bonds. The Morgan fingerprint density at radius 1 is 0.952 bits per heavy atom. The number of rotatable bonds is 1. The normalized spacial score (nSPS) is 11.6. The van der Waals surface area contributed by atoms with Gasteiger partial charge in [-0.2, -0.15) is 0 Å². The Morgan fingerprint density at radius 3 is 2.62 bits per heavy atom. The highest BCUT2D eigenvalue weighted by Crippen LogP contribution is 2.34. The lowest BCUT2D eigenvalue weighted by Gasteiger charge is -2.06. The molecule has 3 heteroatoms. The number of aromatic amines is 1. The molecule has 0 bridgehead atoms. The lowest BCUT2D eigenvalue weighted by molar-refractivity contribution is 0.415. The smallest absolute Gasteiger partial charge is 0.119 e. The van der Waals surface area contributed by atoms with Crippen LogP contribution in [0.1, 0.15) is 11.3 Å². The molecule has 0 spiro atoms. The van der Waals surface area contributed by atoms with Crippen molar-refractivity contribution in [2.45, 2.75) is 13.8 Å². The summed E-state index contributed by atoms with van der Waals surface area (Å²) >= 11 is 0. The summed E-state index contributed by atoms with van der Waals surface area (Å²) in [5, 5.41) is 4.85. The van der Waals surface area contributed by atoms with Crippen LogP contribution in [-0.4, -0.2) is 17.1 Å². The van der Waals surface area contributed by atoms with E-state index in [-0.39, 0.29) is 0 Å². The lowest BCUT2D eigenvalue weighted by Crippen LogP contribution is -1.87. The zero-order valence-corrected chi connectivity index (χ0v) is 12.3. The molecule has 0 unspecified atom stereocenters. The van der Waals surface area contributed by atoms with Gasteiger partial charge in [-0.3, -0.25) is 0 Å². The summed E-state index contributed by atoms with van der Waals surface area (Å²) < 4.78 is 5.35. The summed E-state index contributed by atoms with van der Waals surface area (Å²) in [5.74, 6) is 0.867. The summed E-state index contributed by atoms with van der Waals surface area (Å²) in [7, 11) is 1.69.